The zero-order chi connectivity index (χ0) is 17.6. The standard InChI is InChI=1S/C18H20N4O3/c19-17(23)14-7-9-22(12-14)18(24)21-11-13-6-8-20-16(10-13)25-15-4-2-1-3-5-15/h1-6,8,10,14H,7,9,11-12H2,(H2,19,23)(H,21,24)/t14-/m0/s1. The van der Waals surface area contributed by atoms with Crippen LogP contribution in [0, 0.1) is 5.92 Å². The van der Waals surface area contributed by atoms with E-state index in [1.165, 1.54) is 0 Å². The summed E-state index contributed by atoms with van der Waals surface area (Å²) >= 11 is 0. The molecule has 1 aliphatic heterocycles. The quantitative estimate of drug-likeness (QED) is 0.868. The second kappa shape index (κ2) is 7.65. The lowest BCUT2D eigenvalue weighted by Crippen LogP contribution is -2.39. The number of ether oxygens (including phenoxy) is 1. The van der Waals surface area contributed by atoms with Crippen LogP contribution in [0.5, 0.6) is 11.6 Å². The van der Waals surface area contributed by atoms with Gasteiger partial charge in [-0.3, -0.25) is 4.79 Å². The molecular weight excluding hydrogens is 320 g/mol. The molecule has 1 aromatic carbocycles. The molecule has 3 rings (SSSR count). The van der Waals surface area contributed by atoms with Crippen molar-refractivity contribution in [3.8, 4) is 11.6 Å². The highest BCUT2D eigenvalue weighted by molar-refractivity contribution is 5.80. The number of para-hydroxylation sites is 1. The molecule has 0 spiro atoms. The van der Waals surface area contributed by atoms with Crippen LogP contribution in [0.3, 0.4) is 0 Å². The molecule has 0 saturated carbocycles. The number of pyridine rings is 1. The summed E-state index contributed by atoms with van der Waals surface area (Å²) in [7, 11) is 0. The number of likely N-dealkylation sites (tertiary alicyclic amines) is 1. The Morgan fingerprint density at radius 2 is 2.08 bits per heavy atom. The maximum absolute atomic E-state index is 12.2. The lowest BCUT2D eigenvalue weighted by atomic mass is 10.1. The molecule has 1 fully saturated rings. The molecule has 7 heteroatoms. The zero-order valence-electron chi connectivity index (χ0n) is 13.7. The van der Waals surface area contributed by atoms with E-state index in [0.29, 0.717) is 37.7 Å². The molecular formula is C18H20N4O3. The fraction of sp³-hybridized carbons (Fsp3) is 0.278. The van der Waals surface area contributed by atoms with Gasteiger partial charge in [0.2, 0.25) is 11.8 Å². The monoisotopic (exact) mass is 340 g/mol. The molecule has 3 amide bonds. The van der Waals surface area contributed by atoms with Gasteiger partial charge in [0.25, 0.3) is 0 Å². The zero-order valence-corrected chi connectivity index (χ0v) is 13.7. The van der Waals surface area contributed by atoms with Crippen LogP contribution in [0.4, 0.5) is 4.79 Å². The summed E-state index contributed by atoms with van der Waals surface area (Å²) in [6.07, 6.45) is 2.26. The summed E-state index contributed by atoms with van der Waals surface area (Å²) in [5, 5.41) is 2.84. The molecule has 2 aromatic rings. The summed E-state index contributed by atoms with van der Waals surface area (Å²) in [5.41, 5.74) is 6.16. The summed E-state index contributed by atoms with van der Waals surface area (Å²) in [5.74, 6) is 0.559. The highest BCUT2D eigenvalue weighted by atomic mass is 16.5. The van der Waals surface area contributed by atoms with Crippen molar-refractivity contribution in [1.82, 2.24) is 15.2 Å². The number of nitrogens with two attached hydrogens (primary N) is 1. The van der Waals surface area contributed by atoms with Crippen LogP contribution in [0.25, 0.3) is 0 Å². The van der Waals surface area contributed by atoms with Crippen LogP contribution in [0.2, 0.25) is 0 Å². The van der Waals surface area contributed by atoms with E-state index in [1.54, 1.807) is 17.2 Å². The molecule has 25 heavy (non-hydrogen) atoms. The number of hydrogen-bond donors (Lipinski definition) is 2. The van der Waals surface area contributed by atoms with Crippen LogP contribution < -0.4 is 15.8 Å². The third-order valence-electron chi connectivity index (χ3n) is 4.09. The Labute approximate surface area is 145 Å². The Morgan fingerprint density at radius 3 is 2.80 bits per heavy atom. The molecule has 0 radical (unpaired) electrons. The SMILES string of the molecule is NC(=O)[C@H]1CCN(C(=O)NCc2ccnc(Oc3ccccc3)c2)C1. The molecule has 1 atom stereocenters. The summed E-state index contributed by atoms with van der Waals surface area (Å²) in [6.45, 7) is 1.27. The molecule has 0 aliphatic carbocycles. The summed E-state index contributed by atoms with van der Waals surface area (Å²) < 4.78 is 5.68. The molecule has 3 N–H and O–H groups in total. The highest BCUT2D eigenvalue weighted by Gasteiger charge is 2.29. The Bertz CT molecular complexity index is 751. The van der Waals surface area contributed by atoms with Crippen LogP contribution >= 0.6 is 0 Å². The first-order chi connectivity index (χ1) is 12.1. The van der Waals surface area contributed by atoms with Crippen molar-refractivity contribution in [2.24, 2.45) is 11.7 Å². The predicted octanol–water partition coefficient (Wildman–Crippen LogP) is 1.89. The third kappa shape index (κ3) is 4.47. The van der Waals surface area contributed by atoms with E-state index < -0.39 is 0 Å². The number of nitrogens with one attached hydrogen (secondary N) is 1. The first kappa shape index (κ1) is 16.8. The van der Waals surface area contributed by atoms with Crippen molar-refractivity contribution >= 4 is 11.9 Å². The van der Waals surface area contributed by atoms with Gasteiger partial charge >= 0.3 is 6.03 Å². The number of carbonyl (C=O) groups excluding carboxylic acids is 2. The number of benzene rings is 1. The van der Waals surface area contributed by atoms with Gasteiger partial charge in [-0.1, -0.05) is 18.2 Å². The maximum Gasteiger partial charge on any atom is 0.317 e. The molecule has 7 nitrogen and oxygen atoms in total. The van der Waals surface area contributed by atoms with Gasteiger partial charge in [0.15, 0.2) is 0 Å². The average molecular weight is 340 g/mol. The average Bonchev–Trinajstić information content (AvgIpc) is 3.11. The number of aromatic nitrogens is 1. The molecule has 1 aliphatic rings. The van der Waals surface area contributed by atoms with E-state index in [9.17, 15) is 9.59 Å². The number of rotatable bonds is 5. The van der Waals surface area contributed by atoms with Crippen molar-refractivity contribution in [3.63, 3.8) is 0 Å². The number of amides is 3. The first-order valence-corrected chi connectivity index (χ1v) is 8.12. The summed E-state index contributed by atoms with van der Waals surface area (Å²) in [4.78, 5) is 29.1. The Morgan fingerprint density at radius 1 is 1.28 bits per heavy atom. The van der Waals surface area contributed by atoms with Gasteiger partial charge in [0, 0.05) is 31.9 Å². The van der Waals surface area contributed by atoms with Crippen molar-refractivity contribution in [1.29, 1.82) is 0 Å². The molecule has 2 heterocycles. The van der Waals surface area contributed by atoms with Crippen LogP contribution in [0.15, 0.2) is 48.7 Å². The van der Waals surface area contributed by atoms with Crippen molar-refractivity contribution in [3.05, 3.63) is 54.2 Å². The normalized spacial score (nSPS) is 16.5. The topological polar surface area (TPSA) is 97.6 Å². The van der Waals surface area contributed by atoms with E-state index in [4.69, 9.17) is 10.5 Å². The van der Waals surface area contributed by atoms with Crippen molar-refractivity contribution in [2.45, 2.75) is 13.0 Å². The molecule has 1 aromatic heterocycles. The third-order valence-corrected chi connectivity index (χ3v) is 4.09. The number of hydrogen-bond acceptors (Lipinski definition) is 4. The second-order valence-corrected chi connectivity index (χ2v) is 5.91. The smallest absolute Gasteiger partial charge is 0.317 e. The van der Waals surface area contributed by atoms with Crippen LogP contribution in [-0.4, -0.2) is 34.9 Å². The van der Waals surface area contributed by atoms with Gasteiger partial charge in [0.05, 0.1) is 5.92 Å². The van der Waals surface area contributed by atoms with E-state index in [1.807, 2.05) is 36.4 Å². The van der Waals surface area contributed by atoms with E-state index in [2.05, 4.69) is 10.3 Å². The van der Waals surface area contributed by atoms with Crippen molar-refractivity contribution < 1.29 is 14.3 Å². The van der Waals surface area contributed by atoms with E-state index in [0.717, 1.165) is 5.56 Å². The van der Waals surface area contributed by atoms with Gasteiger partial charge in [-0.05, 0) is 30.2 Å². The van der Waals surface area contributed by atoms with Gasteiger partial charge in [0.1, 0.15) is 5.75 Å². The molecule has 0 bridgehead atoms. The Hall–Kier alpha value is -3.09. The van der Waals surface area contributed by atoms with Crippen LogP contribution in [-0.2, 0) is 11.3 Å². The van der Waals surface area contributed by atoms with Gasteiger partial charge < -0.3 is 20.7 Å². The number of primary amides is 1. The fourth-order valence-electron chi connectivity index (χ4n) is 2.69. The largest absolute Gasteiger partial charge is 0.439 e. The Balaban J connectivity index is 1.54. The van der Waals surface area contributed by atoms with Gasteiger partial charge in [-0.15, -0.1) is 0 Å². The number of urea groups is 1. The lowest BCUT2D eigenvalue weighted by molar-refractivity contribution is -0.121. The highest BCUT2D eigenvalue weighted by Crippen LogP contribution is 2.19. The summed E-state index contributed by atoms with van der Waals surface area (Å²) in [6, 6.07) is 12.8. The number of carbonyl (C=O) groups is 2. The van der Waals surface area contributed by atoms with Crippen LogP contribution in [0.1, 0.15) is 12.0 Å². The van der Waals surface area contributed by atoms with Gasteiger partial charge in [-0.2, -0.15) is 0 Å². The fourth-order valence-corrected chi connectivity index (χ4v) is 2.69. The molecule has 0 unspecified atom stereocenters. The molecule has 130 valence electrons. The number of nitrogens with zero attached hydrogens (tertiary/aromatic N) is 2. The second-order valence-electron chi connectivity index (χ2n) is 5.91. The minimum Gasteiger partial charge on any atom is -0.439 e. The van der Waals surface area contributed by atoms with E-state index >= 15 is 0 Å². The van der Waals surface area contributed by atoms with Gasteiger partial charge in [-0.25, -0.2) is 9.78 Å². The van der Waals surface area contributed by atoms with E-state index in [-0.39, 0.29) is 17.9 Å². The minimum absolute atomic E-state index is 0.203. The lowest BCUT2D eigenvalue weighted by Gasteiger charge is -2.17. The minimum atomic E-state index is -0.355. The predicted molar refractivity (Wildman–Crippen MR) is 91.9 cm³/mol. The van der Waals surface area contributed by atoms with Crippen molar-refractivity contribution in [2.75, 3.05) is 13.1 Å². The Kier molecular flexibility index (Phi) is 5.13. The first-order valence-electron chi connectivity index (χ1n) is 8.12. The molecule has 1 saturated heterocycles. The maximum atomic E-state index is 12.2.